The number of aromatic nitrogens is 1. The smallest absolute Gasteiger partial charge is 0.126 e. The molecule has 0 unspecified atom stereocenters. The number of nitrogens with one attached hydrogen (secondary N) is 1. The van der Waals surface area contributed by atoms with Crippen molar-refractivity contribution >= 4 is 38.8 Å². The van der Waals surface area contributed by atoms with Gasteiger partial charge in [-0.15, -0.1) is 0 Å². The van der Waals surface area contributed by atoms with Crippen LogP contribution in [0.4, 0.5) is 5.82 Å². The van der Waals surface area contributed by atoms with Gasteiger partial charge < -0.3 is 10.1 Å². The minimum Gasteiger partial charge on any atom is -0.373 e. The third-order valence-corrected chi connectivity index (χ3v) is 3.11. The topological polar surface area (TPSA) is 42.0 Å². The second-order valence-electron chi connectivity index (χ2n) is 3.50. The first-order valence-electron chi connectivity index (χ1n) is 6.25. The number of aryl methyl sites for hydroxylation is 1. The minimum atomic E-state index is 0.750. The molecular formula is C15H21BrN2O. The van der Waals surface area contributed by atoms with Gasteiger partial charge >= 0.3 is 0 Å². The van der Waals surface area contributed by atoms with Crippen molar-refractivity contribution in [3.63, 3.8) is 0 Å². The van der Waals surface area contributed by atoms with Crippen LogP contribution in [0.1, 0.15) is 26.3 Å². The lowest BCUT2D eigenvalue weighted by Gasteiger charge is -2.04. The molecule has 0 aliphatic carbocycles. The molecule has 2 rings (SSSR count). The zero-order valence-corrected chi connectivity index (χ0v) is 13.7. The Labute approximate surface area is 123 Å². The van der Waals surface area contributed by atoms with Crippen LogP contribution in [0.25, 0.3) is 10.8 Å². The Morgan fingerprint density at radius 1 is 1.21 bits per heavy atom. The number of carbonyl (C=O) groups excluding carboxylic acids is 1. The Kier molecular flexibility index (Phi) is 8.79. The number of pyridine rings is 1. The molecule has 0 aliphatic rings. The van der Waals surface area contributed by atoms with Crippen LogP contribution in [-0.2, 0) is 4.79 Å². The number of aldehydes is 1. The van der Waals surface area contributed by atoms with Crippen LogP contribution >= 0.6 is 15.9 Å². The van der Waals surface area contributed by atoms with Gasteiger partial charge in [0.25, 0.3) is 0 Å². The Bertz CT molecular complexity index is 527. The predicted octanol–water partition coefficient (Wildman–Crippen LogP) is 4.58. The first-order valence-corrected chi connectivity index (χ1v) is 7.05. The third kappa shape index (κ3) is 5.39. The fourth-order valence-corrected chi connectivity index (χ4v) is 1.78. The van der Waals surface area contributed by atoms with Gasteiger partial charge in [-0.3, -0.25) is 0 Å². The number of hydrogen-bond acceptors (Lipinski definition) is 3. The van der Waals surface area contributed by atoms with Gasteiger partial charge in [0.15, 0.2) is 0 Å². The van der Waals surface area contributed by atoms with Crippen molar-refractivity contribution in [2.45, 2.75) is 27.7 Å². The van der Waals surface area contributed by atoms with E-state index in [4.69, 9.17) is 4.79 Å². The number of rotatable bonds is 1. The van der Waals surface area contributed by atoms with Crippen molar-refractivity contribution in [2.75, 3.05) is 12.4 Å². The first kappa shape index (κ1) is 17.6. The maximum absolute atomic E-state index is 8.81. The summed E-state index contributed by atoms with van der Waals surface area (Å²) in [6.45, 7) is 7.52. The summed E-state index contributed by atoms with van der Waals surface area (Å²) in [5, 5.41) is 5.39. The Morgan fingerprint density at radius 2 is 1.79 bits per heavy atom. The van der Waals surface area contributed by atoms with Crippen LogP contribution in [0.3, 0.4) is 0 Å². The Hall–Kier alpha value is -1.42. The molecular weight excluding hydrogens is 304 g/mol. The molecule has 0 spiro atoms. The van der Waals surface area contributed by atoms with Gasteiger partial charge in [0.05, 0.1) is 0 Å². The highest BCUT2D eigenvalue weighted by Gasteiger charge is 2.00. The van der Waals surface area contributed by atoms with Gasteiger partial charge in [0.1, 0.15) is 12.1 Å². The van der Waals surface area contributed by atoms with E-state index in [2.05, 4.69) is 45.3 Å². The predicted molar refractivity (Wildman–Crippen MR) is 86.8 cm³/mol. The van der Waals surface area contributed by atoms with Gasteiger partial charge in [0, 0.05) is 23.1 Å². The number of fused-ring (bicyclic) bond motifs is 1. The van der Waals surface area contributed by atoms with Gasteiger partial charge in [-0.1, -0.05) is 29.8 Å². The monoisotopic (exact) mass is 324 g/mol. The molecule has 19 heavy (non-hydrogen) atoms. The average Bonchev–Trinajstić information content (AvgIpc) is 2.43. The summed E-state index contributed by atoms with van der Waals surface area (Å²) in [4.78, 5) is 13.1. The molecule has 0 atom stereocenters. The second-order valence-corrected chi connectivity index (χ2v) is 4.36. The van der Waals surface area contributed by atoms with Crippen LogP contribution in [0.15, 0.2) is 28.9 Å². The summed E-state index contributed by atoms with van der Waals surface area (Å²) < 4.78 is 1.14. The van der Waals surface area contributed by atoms with E-state index < -0.39 is 0 Å². The highest BCUT2D eigenvalue weighted by Crippen LogP contribution is 2.24. The molecule has 2 aromatic rings. The van der Waals surface area contributed by atoms with Crippen molar-refractivity contribution in [1.29, 1.82) is 0 Å². The normalized spacial score (nSPS) is 8.74. The number of anilines is 1. The fourth-order valence-electron chi connectivity index (χ4n) is 1.42. The number of hydrogen-bond donors (Lipinski definition) is 1. The Balaban J connectivity index is 0.000000573. The van der Waals surface area contributed by atoms with E-state index >= 15 is 0 Å². The summed E-state index contributed by atoms with van der Waals surface area (Å²) in [6, 6.07) is 6.29. The van der Waals surface area contributed by atoms with Crippen LogP contribution in [-0.4, -0.2) is 18.3 Å². The highest BCUT2D eigenvalue weighted by atomic mass is 79.9. The lowest BCUT2D eigenvalue weighted by Crippen LogP contribution is -1.91. The lowest BCUT2D eigenvalue weighted by atomic mass is 10.1. The summed E-state index contributed by atoms with van der Waals surface area (Å²) in [6.07, 6.45) is 2.64. The first-order chi connectivity index (χ1) is 9.12. The molecule has 104 valence electrons. The lowest BCUT2D eigenvalue weighted by molar-refractivity contribution is -0.106. The zero-order chi connectivity index (χ0) is 14.8. The summed E-state index contributed by atoms with van der Waals surface area (Å²) >= 11 is 3.52. The minimum absolute atomic E-state index is 0.750. The maximum Gasteiger partial charge on any atom is 0.126 e. The van der Waals surface area contributed by atoms with E-state index in [1.54, 1.807) is 0 Å². The van der Waals surface area contributed by atoms with Crippen molar-refractivity contribution in [3.05, 3.63) is 34.4 Å². The standard InChI is InChI=1S/C11H11BrN2.C2H4O.C2H6/c1-7-3-9-6-14-11(13-2)5-8(9)4-10(7)12;1-2-3;1-2/h3-6H,1-2H3,(H,13,14);2H,1H3;1-2H3. The van der Waals surface area contributed by atoms with Crippen LogP contribution < -0.4 is 5.32 Å². The van der Waals surface area contributed by atoms with Crippen molar-refractivity contribution < 1.29 is 4.79 Å². The molecule has 1 aromatic carbocycles. The van der Waals surface area contributed by atoms with Crippen molar-refractivity contribution in [1.82, 2.24) is 4.98 Å². The fraction of sp³-hybridized carbons (Fsp3) is 0.333. The molecule has 0 radical (unpaired) electrons. The number of nitrogens with zero attached hydrogens (tertiary/aromatic N) is 1. The molecule has 1 aromatic heterocycles. The largest absolute Gasteiger partial charge is 0.373 e. The zero-order valence-electron chi connectivity index (χ0n) is 12.1. The molecule has 4 heteroatoms. The molecule has 3 nitrogen and oxygen atoms in total. The number of carbonyl (C=O) groups is 1. The van der Waals surface area contributed by atoms with E-state index in [0.717, 1.165) is 16.6 Å². The molecule has 0 saturated carbocycles. The molecule has 0 amide bonds. The van der Waals surface area contributed by atoms with Crippen molar-refractivity contribution in [3.8, 4) is 0 Å². The molecule has 0 fully saturated rings. The van der Waals surface area contributed by atoms with Gasteiger partial charge in [-0.25, -0.2) is 4.98 Å². The number of halogens is 1. The average molecular weight is 325 g/mol. The third-order valence-electron chi connectivity index (χ3n) is 2.26. The quantitative estimate of drug-likeness (QED) is 0.781. The van der Waals surface area contributed by atoms with E-state index in [1.165, 1.54) is 23.3 Å². The molecule has 0 saturated heterocycles. The van der Waals surface area contributed by atoms with E-state index in [0.29, 0.717) is 0 Å². The molecule has 0 bridgehead atoms. The van der Waals surface area contributed by atoms with Gasteiger partial charge in [-0.05, 0) is 43.0 Å². The summed E-state index contributed by atoms with van der Waals surface area (Å²) in [5.74, 6) is 0.897. The second kappa shape index (κ2) is 9.50. The maximum atomic E-state index is 8.81. The van der Waals surface area contributed by atoms with Crippen LogP contribution in [0, 0.1) is 6.92 Å². The Morgan fingerprint density at radius 3 is 2.32 bits per heavy atom. The van der Waals surface area contributed by atoms with E-state index in [1.807, 2.05) is 33.2 Å². The van der Waals surface area contributed by atoms with Gasteiger partial charge in [0.2, 0.25) is 0 Å². The summed E-state index contributed by atoms with van der Waals surface area (Å²) in [7, 11) is 1.87. The van der Waals surface area contributed by atoms with E-state index in [-0.39, 0.29) is 0 Å². The number of benzene rings is 1. The highest BCUT2D eigenvalue weighted by molar-refractivity contribution is 9.10. The van der Waals surface area contributed by atoms with Crippen LogP contribution in [0.5, 0.6) is 0 Å². The van der Waals surface area contributed by atoms with Crippen LogP contribution in [0.2, 0.25) is 0 Å². The molecule has 1 N–H and O–H groups in total. The van der Waals surface area contributed by atoms with Crippen molar-refractivity contribution in [2.24, 2.45) is 0 Å². The van der Waals surface area contributed by atoms with E-state index in [9.17, 15) is 0 Å². The molecule has 0 aliphatic heterocycles. The van der Waals surface area contributed by atoms with Gasteiger partial charge in [-0.2, -0.15) is 0 Å². The molecule has 1 heterocycles. The summed E-state index contributed by atoms with van der Waals surface area (Å²) in [5.41, 5.74) is 1.23. The SMILES string of the molecule is CC.CC=O.CNc1cc2cc(Br)c(C)cc2cn1.